The Kier molecular flexibility index (Phi) is 10.1. The molecule has 7 heteroatoms. The number of hydrogen-bond donors (Lipinski definition) is 1. The Bertz CT molecular complexity index is 398. The molecule has 1 amide bonds. The molecule has 0 spiro atoms. The third-order valence-corrected chi connectivity index (χ3v) is 3.05. The molecule has 0 aliphatic rings. The maximum absolute atomic E-state index is 12.2. The van der Waals surface area contributed by atoms with Crippen molar-refractivity contribution in [2.45, 2.75) is 72.4 Å². The van der Waals surface area contributed by atoms with Gasteiger partial charge in [0.15, 0.2) is 5.92 Å². The number of esters is 2. The van der Waals surface area contributed by atoms with E-state index in [0.29, 0.717) is 6.42 Å². The molecule has 1 atom stereocenters. The summed E-state index contributed by atoms with van der Waals surface area (Å²) in [4.78, 5) is 36.5. The Morgan fingerprint density at radius 1 is 0.958 bits per heavy atom. The van der Waals surface area contributed by atoms with Crippen molar-refractivity contribution in [3.8, 4) is 0 Å². The van der Waals surface area contributed by atoms with Crippen molar-refractivity contribution in [1.29, 1.82) is 0 Å². The number of carbonyl (C=O) groups excluding carboxylic acids is 3. The minimum atomic E-state index is -1.20. The van der Waals surface area contributed by atoms with Gasteiger partial charge < -0.3 is 19.5 Å². The topological polar surface area (TPSA) is 90.9 Å². The van der Waals surface area contributed by atoms with Crippen molar-refractivity contribution in [2.24, 2.45) is 5.92 Å². The maximum Gasteiger partial charge on any atom is 0.407 e. The first-order valence-electron chi connectivity index (χ1n) is 8.49. The molecular formula is C17H31NO6. The van der Waals surface area contributed by atoms with Gasteiger partial charge in [-0.25, -0.2) is 4.79 Å². The van der Waals surface area contributed by atoms with Gasteiger partial charge in [0.25, 0.3) is 0 Å². The van der Waals surface area contributed by atoms with E-state index in [1.165, 1.54) is 0 Å². The van der Waals surface area contributed by atoms with Crippen LogP contribution in [0.2, 0.25) is 0 Å². The first-order valence-corrected chi connectivity index (χ1v) is 8.49. The van der Waals surface area contributed by atoms with Gasteiger partial charge in [0, 0.05) is 0 Å². The monoisotopic (exact) mass is 345 g/mol. The zero-order valence-electron chi connectivity index (χ0n) is 15.6. The number of rotatable bonds is 9. The summed E-state index contributed by atoms with van der Waals surface area (Å²) in [5.74, 6) is -2.61. The second kappa shape index (κ2) is 10.9. The Balaban J connectivity index is 5.30. The van der Waals surface area contributed by atoms with Crippen molar-refractivity contribution >= 4 is 18.0 Å². The molecule has 0 aromatic heterocycles. The van der Waals surface area contributed by atoms with Crippen molar-refractivity contribution in [2.75, 3.05) is 13.2 Å². The minimum absolute atomic E-state index is 0.141. The van der Waals surface area contributed by atoms with Gasteiger partial charge in [0.05, 0.1) is 19.3 Å². The van der Waals surface area contributed by atoms with E-state index in [0.717, 1.165) is 12.8 Å². The standard InChI is InChI=1S/C17H31NO6/c1-7-10-11-12(18-16(21)24-17(4,5)6)13(14(19)22-8-2)15(20)23-9-3/h12-13H,7-11H2,1-6H3,(H,18,21). The Hall–Kier alpha value is -1.79. The lowest BCUT2D eigenvalue weighted by atomic mass is 9.95. The molecule has 0 aromatic rings. The SMILES string of the molecule is CCCCC(NC(=O)OC(C)(C)C)C(C(=O)OCC)C(=O)OCC. The molecule has 0 saturated carbocycles. The third-order valence-electron chi connectivity index (χ3n) is 3.05. The summed E-state index contributed by atoms with van der Waals surface area (Å²) < 4.78 is 15.2. The number of alkyl carbamates (subject to hydrolysis) is 1. The average Bonchev–Trinajstić information content (AvgIpc) is 2.43. The predicted molar refractivity (Wildman–Crippen MR) is 89.4 cm³/mol. The van der Waals surface area contributed by atoms with Gasteiger partial charge in [0.2, 0.25) is 0 Å². The number of nitrogens with one attached hydrogen (secondary N) is 1. The summed E-state index contributed by atoms with van der Waals surface area (Å²) >= 11 is 0. The van der Waals surface area contributed by atoms with Crippen molar-refractivity contribution in [3.63, 3.8) is 0 Å². The summed E-state index contributed by atoms with van der Waals surface area (Å²) in [6.45, 7) is 10.8. The van der Waals surface area contributed by atoms with E-state index in [1.54, 1.807) is 34.6 Å². The van der Waals surface area contributed by atoms with Crippen molar-refractivity contribution in [3.05, 3.63) is 0 Å². The fraction of sp³-hybridized carbons (Fsp3) is 0.824. The van der Waals surface area contributed by atoms with Gasteiger partial charge in [-0.3, -0.25) is 9.59 Å². The lowest BCUT2D eigenvalue weighted by Crippen LogP contribution is -2.49. The van der Waals surface area contributed by atoms with Crippen LogP contribution in [0.1, 0.15) is 60.8 Å². The summed E-state index contributed by atoms with van der Waals surface area (Å²) in [6.07, 6.45) is 1.35. The molecule has 1 N–H and O–H groups in total. The average molecular weight is 345 g/mol. The smallest absolute Gasteiger partial charge is 0.407 e. The molecule has 0 fully saturated rings. The van der Waals surface area contributed by atoms with Crippen LogP contribution in [0.4, 0.5) is 4.79 Å². The molecular weight excluding hydrogens is 314 g/mol. The molecule has 0 radical (unpaired) electrons. The van der Waals surface area contributed by atoms with Gasteiger partial charge in [-0.05, 0) is 41.0 Å². The molecule has 0 aliphatic heterocycles. The third kappa shape index (κ3) is 8.74. The van der Waals surface area contributed by atoms with Crippen LogP contribution in [-0.2, 0) is 23.8 Å². The molecule has 140 valence electrons. The van der Waals surface area contributed by atoms with E-state index in [2.05, 4.69) is 5.32 Å². The highest BCUT2D eigenvalue weighted by molar-refractivity contribution is 5.96. The van der Waals surface area contributed by atoms with Crippen LogP contribution >= 0.6 is 0 Å². The predicted octanol–water partition coefficient (Wildman–Crippen LogP) is 2.81. The first kappa shape index (κ1) is 22.2. The van der Waals surface area contributed by atoms with Crippen LogP contribution < -0.4 is 5.32 Å². The van der Waals surface area contributed by atoms with Gasteiger partial charge >= 0.3 is 18.0 Å². The number of carbonyl (C=O) groups is 3. The van der Waals surface area contributed by atoms with Crippen LogP contribution in [0, 0.1) is 5.92 Å². The fourth-order valence-corrected chi connectivity index (χ4v) is 2.09. The van der Waals surface area contributed by atoms with E-state index in [9.17, 15) is 14.4 Å². The Morgan fingerprint density at radius 3 is 1.83 bits per heavy atom. The molecule has 0 bridgehead atoms. The Labute approximate surface area is 144 Å². The molecule has 0 saturated heterocycles. The lowest BCUT2D eigenvalue weighted by Gasteiger charge is -2.27. The quantitative estimate of drug-likeness (QED) is 0.392. The van der Waals surface area contributed by atoms with Crippen LogP contribution in [0.5, 0.6) is 0 Å². The molecule has 1 unspecified atom stereocenters. The first-order chi connectivity index (χ1) is 11.2. The summed E-state index contributed by atoms with van der Waals surface area (Å²) in [6, 6.07) is -0.738. The lowest BCUT2D eigenvalue weighted by molar-refractivity contribution is -0.163. The van der Waals surface area contributed by atoms with Crippen LogP contribution in [0.15, 0.2) is 0 Å². The zero-order chi connectivity index (χ0) is 18.8. The van der Waals surface area contributed by atoms with Crippen LogP contribution in [-0.4, -0.2) is 42.9 Å². The van der Waals surface area contributed by atoms with Gasteiger partial charge in [0.1, 0.15) is 5.60 Å². The van der Waals surface area contributed by atoms with Gasteiger partial charge in [-0.1, -0.05) is 19.8 Å². The number of amides is 1. The number of ether oxygens (including phenoxy) is 3. The minimum Gasteiger partial charge on any atom is -0.465 e. The molecule has 7 nitrogen and oxygen atoms in total. The second-order valence-corrected chi connectivity index (χ2v) is 6.38. The van der Waals surface area contributed by atoms with E-state index in [1.807, 2.05) is 6.92 Å². The summed E-state index contributed by atoms with van der Waals surface area (Å²) in [5.41, 5.74) is -0.678. The zero-order valence-corrected chi connectivity index (χ0v) is 15.6. The van der Waals surface area contributed by atoms with E-state index >= 15 is 0 Å². The van der Waals surface area contributed by atoms with Crippen molar-refractivity contribution < 1.29 is 28.6 Å². The van der Waals surface area contributed by atoms with Crippen LogP contribution in [0.3, 0.4) is 0 Å². The van der Waals surface area contributed by atoms with Gasteiger partial charge in [-0.2, -0.15) is 0 Å². The molecule has 0 aromatic carbocycles. The molecule has 0 aliphatic carbocycles. The Morgan fingerprint density at radius 2 is 1.46 bits per heavy atom. The highest BCUT2D eigenvalue weighted by Crippen LogP contribution is 2.17. The van der Waals surface area contributed by atoms with Crippen molar-refractivity contribution in [1.82, 2.24) is 5.32 Å². The van der Waals surface area contributed by atoms with Crippen LogP contribution in [0.25, 0.3) is 0 Å². The normalized spacial score (nSPS) is 12.5. The van der Waals surface area contributed by atoms with E-state index in [4.69, 9.17) is 14.2 Å². The van der Waals surface area contributed by atoms with E-state index in [-0.39, 0.29) is 13.2 Å². The molecule has 0 heterocycles. The molecule has 0 rings (SSSR count). The summed E-state index contributed by atoms with van der Waals surface area (Å²) in [7, 11) is 0. The fourth-order valence-electron chi connectivity index (χ4n) is 2.09. The largest absolute Gasteiger partial charge is 0.465 e. The van der Waals surface area contributed by atoms with Gasteiger partial charge in [-0.15, -0.1) is 0 Å². The highest BCUT2D eigenvalue weighted by atomic mass is 16.6. The molecule has 24 heavy (non-hydrogen) atoms. The number of hydrogen-bond acceptors (Lipinski definition) is 6. The van der Waals surface area contributed by atoms with E-state index < -0.39 is 35.6 Å². The highest BCUT2D eigenvalue weighted by Gasteiger charge is 2.38. The number of unbranched alkanes of at least 4 members (excludes halogenated alkanes) is 1. The summed E-state index contributed by atoms with van der Waals surface area (Å²) in [5, 5.41) is 2.62. The maximum atomic E-state index is 12.2. The second-order valence-electron chi connectivity index (χ2n) is 6.38.